The summed E-state index contributed by atoms with van der Waals surface area (Å²) in [6.07, 6.45) is 0.773. The average Bonchev–Trinajstić information content (AvgIpc) is 2.49. The van der Waals surface area contributed by atoms with Crippen molar-refractivity contribution in [2.45, 2.75) is 19.4 Å². The Morgan fingerprint density at radius 1 is 1.30 bits per heavy atom. The summed E-state index contributed by atoms with van der Waals surface area (Å²) < 4.78 is 49.7. The number of halogens is 2. The number of amides is 1. The summed E-state index contributed by atoms with van der Waals surface area (Å²) in [4.78, 5) is 13.8. The Morgan fingerprint density at radius 3 is 2.43 bits per heavy atom. The van der Waals surface area contributed by atoms with Crippen LogP contribution in [0.2, 0.25) is 0 Å². The second-order valence-corrected chi connectivity index (χ2v) is 7.21. The third-order valence-corrected chi connectivity index (χ3v) is 5.03. The van der Waals surface area contributed by atoms with Crippen molar-refractivity contribution in [3.63, 3.8) is 0 Å². The third-order valence-electron chi connectivity index (χ3n) is 3.94. The molecular weight excluding hydrogens is 328 g/mol. The van der Waals surface area contributed by atoms with E-state index in [2.05, 4.69) is 0 Å². The van der Waals surface area contributed by atoms with Crippen molar-refractivity contribution in [2.75, 3.05) is 20.1 Å². The maximum Gasteiger partial charge on any atom is 0.276 e. The van der Waals surface area contributed by atoms with Gasteiger partial charge in [0.05, 0.1) is 0 Å². The molecule has 1 aromatic rings. The molecule has 0 unspecified atom stereocenters. The highest BCUT2D eigenvalue weighted by atomic mass is 32.2. The van der Waals surface area contributed by atoms with Gasteiger partial charge in [0, 0.05) is 32.6 Å². The van der Waals surface area contributed by atoms with Gasteiger partial charge < -0.3 is 4.90 Å². The summed E-state index contributed by atoms with van der Waals surface area (Å²) in [5.74, 6) is -2.34. The Bertz CT molecular complexity index is 689. The van der Waals surface area contributed by atoms with Crippen molar-refractivity contribution in [1.29, 1.82) is 0 Å². The first-order chi connectivity index (χ1) is 10.7. The average molecular weight is 347 g/mol. The van der Waals surface area contributed by atoms with Crippen LogP contribution in [0, 0.1) is 17.6 Å². The van der Waals surface area contributed by atoms with Crippen LogP contribution in [0.5, 0.6) is 0 Å². The molecule has 1 fully saturated rings. The molecule has 2 N–H and O–H groups in total. The predicted molar refractivity (Wildman–Crippen MR) is 80.2 cm³/mol. The van der Waals surface area contributed by atoms with Gasteiger partial charge in [-0.2, -0.15) is 12.7 Å². The molecule has 1 amide bonds. The molecule has 6 nitrogen and oxygen atoms in total. The maximum absolute atomic E-state index is 13.2. The zero-order valence-electron chi connectivity index (χ0n) is 12.7. The summed E-state index contributed by atoms with van der Waals surface area (Å²) in [5.41, 5.74) is 0.488. The second kappa shape index (κ2) is 6.90. The Kier molecular flexibility index (Phi) is 5.33. The minimum Gasteiger partial charge on any atom is -0.341 e. The highest BCUT2D eigenvalue weighted by molar-refractivity contribution is 7.86. The van der Waals surface area contributed by atoms with E-state index in [0.717, 1.165) is 16.4 Å². The normalized spacial score (nSPS) is 17.2. The number of rotatable bonds is 4. The fourth-order valence-electron chi connectivity index (χ4n) is 2.66. The summed E-state index contributed by atoms with van der Waals surface area (Å²) in [7, 11) is -2.14. The molecule has 1 aromatic carbocycles. The molecule has 0 saturated carbocycles. The number of carbonyl (C=O) groups excluding carboxylic acids is 1. The molecule has 2 rings (SSSR count). The van der Waals surface area contributed by atoms with Gasteiger partial charge in [-0.05, 0) is 30.5 Å². The van der Waals surface area contributed by atoms with E-state index in [0.29, 0.717) is 18.4 Å². The van der Waals surface area contributed by atoms with Gasteiger partial charge >= 0.3 is 0 Å². The van der Waals surface area contributed by atoms with E-state index in [4.69, 9.17) is 5.14 Å². The van der Waals surface area contributed by atoms with Crippen LogP contribution < -0.4 is 5.14 Å². The van der Waals surface area contributed by atoms with Crippen LogP contribution >= 0.6 is 0 Å². The Morgan fingerprint density at radius 2 is 1.91 bits per heavy atom. The Labute approximate surface area is 134 Å². The van der Waals surface area contributed by atoms with Crippen LogP contribution in [0.3, 0.4) is 0 Å². The van der Waals surface area contributed by atoms with Crippen LogP contribution in [-0.4, -0.2) is 43.7 Å². The van der Waals surface area contributed by atoms with Gasteiger partial charge in [-0.1, -0.05) is 6.07 Å². The minimum absolute atomic E-state index is 0.149. The number of nitrogens with two attached hydrogens (primary N) is 1. The van der Waals surface area contributed by atoms with Crippen molar-refractivity contribution < 1.29 is 22.0 Å². The highest BCUT2D eigenvalue weighted by Gasteiger charge is 2.30. The number of hydrogen-bond acceptors (Lipinski definition) is 3. The molecule has 0 atom stereocenters. The molecule has 9 heteroatoms. The van der Waals surface area contributed by atoms with Gasteiger partial charge in [-0.3, -0.25) is 4.79 Å². The quantitative estimate of drug-likeness (QED) is 0.876. The third kappa shape index (κ3) is 4.46. The van der Waals surface area contributed by atoms with E-state index in [1.807, 2.05) is 0 Å². The first-order valence-corrected chi connectivity index (χ1v) is 8.65. The molecular formula is C14H19F2N3O3S. The lowest BCUT2D eigenvalue weighted by atomic mass is 9.96. The summed E-state index contributed by atoms with van der Waals surface area (Å²) in [6.45, 7) is 0.563. The van der Waals surface area contributed by atoms with Gasteiger partial charge in [0.15, 0.2) is 11.6 Å². The fraction of sp³-hybridized carbons (Fsp3) is 0.500. The molecule has 1 aliphatic rings. The van der Waals surface area contributed by atoms with E-state index in [-0.39, 0.29) is 31.5 Å². The molecule has 0 aromatic heterocycles. The first-order valence-electron chi connectivity index (χ1n) is 7.15. The molecule has 0 radical (unpaired) electrons. The van der Waals surface area contributed by atoms with Crippen LogP contribution in [0.25, 0.3) is 0 Å². The molecule has 0 bridgehead atoms. The Hall–Kier alpha value is -1.58. The molecule has 128 valence electrons. The first kappa shape index (κ1) is 17.8. The van der Waals surface area contributed by atoms with Crippen LogP contribution in [0.1, 0.15) is 18.4 Å². The number of carbonyl (C=O) groups is 1. The van der Waals surface area contributed by atoms with Crippen molar-refractivity contribution in [2.24, 2.45) is 11.1 Å². The van der Waals surface area contributed by atoms with E-state index in [9.17, 15) is 22.0 Å². The van der Waals surface area contributed by atoms with Crippen molar-refractivity contribution >= 4 is 16.1 Å². The SMILES string of the molecule is CN(Cc1ccc(F)c(F)c1)C(=O)C1CCN(S(N)(=O)=O)CC1. The molecule has 1 saturated heterocycles. The fourth-order valence-corrected chi connectivity index (χ4v) is 3.38. The summed E-state index contributed by atoms with van der Waals surface area (Å²) in [6, 6.07) is 3.50. The zero-order chi connectivity index (χ0) is 17.2. The van der Waals surface area contributed by atoms with Gasteiger partial charge in [-0.15, -0.1) is 0 Å². The van der Waals surface area contributed by atoms with Crippen molar-refractivity contribution in [1.82, 2.24) is 9.21 Å². The van der Waals surface area contributed by atoms with E-state index >= 15 is 0 Å². The summed E-state index contributed by atoms with van der Waals surface area (Å²) in [5, 5.41) is 5.06. The molecule has 0 spiro atoms. The van der Waals surface area contributed by atoms with E-state index < -0.39 is 21.8 Å². The van der Waals surface area contributed by atoms with Gasteiger partial charge in [-0.25, -0.2) is 13.9 Å². The molecule has 23 heavy (non-hydrogen) atoms. The molecule has 1 heterocycles. The summed E-state index contributed by atoms with van der Waals surface area (Å²) >= 11 is 0. The van der Waals surface area contributed by atoms with Crippen molar-refractivity contribution in [3.8, 4) is 0 Å². The zero-order valence-corrected chi connectivity index (χ0v) is 13.5. The Balaban J connectivity index is 1.94. The number of nitrogens with zero attached hydrogens (tertiary/aromatic N) is 2. The maximum atomic E-state index is 13.2. The van der Waals surface area contributed by atoms with Gasteiger partial charge in [0.1, 0.15) is 0 Å². The minimum atomic E-state index is -3.72. The lowest BCUT2D eigenvalue weighted by Gasteiger charge is -2.31. The number of benzene rings is 1. The van der Waals surface area contributed by atoms with Gasteiger partial charge in [0.25, 0.3) is 10.2 Å². The highest BCUT2D eigenvalue weighted by Crippen LogP contribution is 2.21. The monoisotopic (exact) mass is 347 g/mol. The van der Waals surface area contributed by atoms with Crippen LogP contribution in [-0.2, 0) is 21.5 Å². The number of piperidine rings is 1. The van der Waals surface area contributed by atoms with E-state index in [1.54, 1.807) is 7.05 Å². The second-order valence-electron chi connectivity index (χ2n) is 5.66. The molecule has 0 aliphatic carbocycles. The topological polar surface area (TPSA) is 83.7 Å². The molecule has 1 aliphatic heterocycles. The lowest BCUT2D eigenvalue weighted by molar-refractivity contribution is -0.135. The van der Waals surface area contributed by atoms with Gasteiger partial charge in [0.2, 0.25) is 5.91 Å². The number of hydrogen-bond donors (Lipinski definition) is 1. The van der Waals surface area contributed by atoms with E-state index in [1.165, 1.54) is 11.0 Å². The van der Waals surface area contributed by atoms with Crippen LogP contribution in [0.15, 0.2) is 18.2 Å². The lowest BCUT2D eigenvalue weighted by Crippen LogP contribution is -2.45. The largest absolute Gasteiger partial charge is 0.341 e. The standard InChI is InChI=1S/C14H19F2N3O3S/c1-18(9-10-2-3-12(15)13(16)8-10)14(20)11-4-6-19(7-5-11)23(17,21)22/h2-3,8,11H,4-7,9H2,1H3,(H2,17,21,22). The van der Waals surface area contributed by atoms with Crippen molar-refractivity contribution in [3.05, 3.63) is 35.4 Å². The predicted octanol–water partition coefficient (Wildman–Crippen LogP) is 0.839. The van der Waals surface area contributed by atoms with Crippen LogP contribution in [0.4, 0.5) is 8.78 Å². The smallest absolute Gasteiger partial charge is 0.276 e.